The van der Waals surface area contributed by atoms with Crippen molar-refractivity contribution in [2.45, 2.75) is 210 Å². The molecule has 0 fully saturated rings. The van der Waals surface area contributed by atoms with Gasteiger partial charge in [-0.15, -0.1) is 0 Å². The zero-order chi connectivity index (χ0) is 87.1. The van der Waals surface area contributed by atoms with Crippen LogP contribution >= 0.6 is 0 Å². The number of halogens is 3. The molecule has 0 spiro atoms. The van der Waals surface area contributed by atoms with Gasteiger partial charge in [-0.25, -0.2) is 36.0 Å². The molecule has 0 bridgehead atoms. The van der Waals surface area contributed by atoms with Gasteiger partial charge >= 0.3 is 0 Å². The van der Waals surface area contributed by atoms with Crippen LogP contribution in [0.15, 0.2) is 189 Å². The zero-order valence-electron chi connectivity index (χ0n) is 77.2. The number of hydrogen-bond acceptors (Lipinski definition) is 0. The van der Waals surface area contributed by atoms with E-state index in [0.29, 0.717) is 46.3 Å². The number of aromatic nitrogens is 5. The SMILES string of the molecule is Cc1cc(-c2c3cc(C(C)C)ccc3cc[n+]2C)c(C)c(C)c1F.Cc1cc(C)c(C)c(-c2c3cc(C(C)C)c(C(C)C)cc3cc[n+]2C)c1.Cc1cc(C)c(C)c(-c2c3ccc(C(C)C)cc3cc[n+]2C)c1.Cc1cc(C)c(F)c(-c2c3cc(C(C)C)ccc3cc[n+]2C)c1C.Cc1ccc2cc[n+](C)c(-c3c(C)c(C)cc(C)c3F)c2c1. The molecular weight excluding hydrogens is 1460 g/mol. The van der Waals surface area contributed by atoms with E-state index in [2.05, 4.69) is 318 Å². The Bertz CT molecular complexity index is 6390. The van der Waals surface area contributed by atoms with Gasteiger partial charge < -0.3 is 0 Å². The van der Waals surface area contributed by atoms with Crippen molar-refractivity contribution in [3.8, 4) is 56.3 Å². The van der Waals surface area contributed by atoms with Crippen molar-refractivity contribution in [2.24, 2.45) is 35.2 Å². The van der Waals surface area contributed by atoms with E-state index in [0.717, 1.165) is 88.7 Å². The van der Waals surface area contributed by atoms with Crippen molar-refractivity contribution in [1.29, 1.82) is 0 Å². The van der Waals surface area contributed by atoms with Gasteiger partial charge in [-0.2, -0.15) is 0 Å². The number of hydrogen-bond donors (Lipinski definition) is 0. The Balaban J connectivity index is 0.000000146. The van der Waals surface area contributed by atoms with Crippen LogP contribution in [-0.2, 0) is 35.2 Å². The van der Waals surface area contributed by atoms with Crippen molar-refractivity contribution in [1.82, 2.24) is 0 Å². The highest BCUT2D eigenvalue weighted by Crippen LogP contribution is 2.41. The highest BCUT2D eigenvalue weighted by Gasteiger charge is 2.29. The predicted molar refractivity (Wildman–Crippen MR) is 499 cm³/mol. The molecule has 15 aromatic rings. The van der Waals surface area contributed by atoms with Gasteiger partial charge in [0.05, 0.1) is 54.7 Å². The fraction of sp³-hybridized carbons (Fsp3) is 0.324. The first-order valence-corrected chi connectivity index (χ1v) is 42.7. The molecule has 5 nitrogen and oxygen atoms in total. The maximum Gasteiger partial charge on any atom is 0.223 e. The Morgan fingerprint density at radius 2 is 0.538 bits per heavy atom. The van der Waals surface area contributed by atoms with Crippen LogP contribution in [0, 0.1) is 128 Å². The molecule has 0 unspecified atom stereocenters. The van der Waals surface area contributed by atoms with Crippen molar-refractivity contribution >= 4 is 53.9 Å². The van der Waals surface area contributed by atoms with Gasteiger partial charge in [-0.3, -0.25) is 0 Å². The lowest BCUT2D eigenvalue weighted by molar-refractivity contribution is -0.659. The summed E-state index contributed by atoms with van der Waals surface area (Å²) in [6.07, 6.45) is 10.5. The molecule has 0 saturated carbocycles. The molecule has 8 heteroatoms. The van der Waals surface area contributed by atoms with E-state index >= 15 is 4.39 Å². The zero-order valence-corrected chi connectivity index (χ0v) is 77.2. The molecular formula is C111H129F3N5+5. The Labute approximate surface area is 709 Å². The van der Waals surface area contributed by atoms with Gasteiger partial charge in [0.1, 0.15) is 52.7 Å². The van der Waals surface area contributed by atoms with Crippen LogP contribution in [-0.4, -0.2) is 0 Å². The number of benzene rings is 10. The van der Waals surface area contributed by atoms with E-state index < -0.39 is 0 Å². The lowest BCUT2D eigenvalue weighted by Gasteiger charge is -2.18. The standard InChI is InChI=1S/C25H32N.2C22H25FN.C22H26N.C20H21FN/c1-15(2)21-13-20-9-10-26(8)25(24(20)14-22(21)16(3)4)23-12-17(5)11-18(6)19(23)7;1-13(2)18-8-7-17-9-10-24(6)22(20(17)12-18)19-11-14(3)21(23)16(5)15(19)4;1-13(2)18-8-7-17-9-10-24(6)22(19(17)12-18)20-16(5)14(3)11-15(4)21(20)23;1-14(2)18-7-8-20-19(13-18)9-10-23(6)22(20)21-12-15(3)11-16(4)17(21)5;1-12-6-7-16-8-9-22(5)20(17(16)10-12)18-15(4)13(2)11-14(3)19(18)21/h9-16H,1-8H3;2*7-13H,1-6H3;7-14H,1-6H3;6-11H,1-5H3/q5*+1. The maximum atomic E-state index is 15.1. The number of rotatable bonds is 10. The van der Waals surface area contributed by atoms with Crippen LogP contribution < -0.4 is 22.8 Å². The first kappa shape index (κ1) is 88.8. The molecule has 15 rings (SSSR count). The fourth-order valence-corrected chi connectivity index (χ4v) is 17.3. The molecule has 10 aromatic carbocycles. The van der Waals surface area contributed by atoms with Gasteiger partial charge in [0, 0.05) is 30.3 Å². The average molecular weight is 1590 g/mol. The number of nitrogens with zero attached hydrogens (tertiary/aromatic N) is 5. The summed E-state index contributed by atoms with van der Waals surface area (Å²) in [4.78, 5) is 0. The van der Waals surface area contributed by atoms with Crippen LogP contribution in [0.4, 0.5) is 13.2 Å². The summed E-state index contributed by atoms with van der Waals surface area (Å²) in [7, 11) is 10.3. The summed E-state index contributed by atoms with van der Waals surface area (Å²) in [6, 6.07) is 57.1. The van der Waals surface area contributed by atoms with E-state index in [9.17, 15) is 8.78 Å². The minimum Gasteiger partial charge on any atom is -0.206 e. The summed E-state index contributed by atoms with van der Waals surface area (Å²) in [6.45, 7) is 55.3. The second-order valence-electron chi connectivity index (χ2n) is 35.8. The number of pyridine rings is 5. The third-order valence-electron chi connectivity index (χ3n) is 25.2. The molecule has 0 N–H and O–H groups in total. The van der Waals surface area contributed by atoms with E-state index in [-0.39, 0.29) is 17.5 Å². The van der Waals surface area contributed by atoms with E-state index in [1.165, 1.54) is 122 Å². The predicted octanol–water partition coefficient (Wildman–Crippen LogP) is 27.6. The number of aryl methyl sites for hydroxylation is 15. The second kappa shape index (κ2) is 36.3. The quantitative estimate of drug-likeness (QED) is 0.122. The highest BCUT2D eigenvalue weighted by molar-refractivity contribution is 5.99. The lowest BCUT2D eigenvalue weighted by Crippen LogP contribution is -2.31. The second-order valence-corrected chi connectivity index (χ2v) is 35.8. The third-order valence-corrected chi connectivity index (χ3v) is 25.2. The Morgan fingerprint density at radius 1 is 0.218 bits per heavy atom. The van der Waals surface area contributed by atoms with Crippen molar-refractivity contribution < 1.29 is 36.0 Å². The van der Waals surface area contributed by atoms with Crippen LogP contribution in [0.1, 0.15) is 216 Å². The first-order chi connectivity index (χ1) is 56.1. The Hall–Kier alpha value is -11.0. The molecule has 5 aromatic heterocycles. The fourth-order valence-electron chi connectivity index (χ4n) is 17.3. The summed E-state index contributed by atoms with van der Waals surface area (Å²) in [5.74, 6) is 2.21. The van der Waals surface area contributed by atoms with Gasteiger partial charge in [-0.1, -0.05) is 165 Å². The van der Waals surface area contributed by atoms with E-state index in [1.54, 1.807) is 0 Å². The monoisotopic (exact) mass is 1590 g/mol. The van der Waals surface area contributed by atoms with Gasteiger partial charge in [-0.05, 0) is 316 Å². The normalized spacial score (nSPS) is 11.5. The minimum atomic E-state index is -0.118. The third kappa shape index (κ3) is 18.3. The van der Waals surface area contributed by atoms with Crippen LogP contribution in [0.5, 0.6) is 0 Å². The highest BCUT2D eigenvalue weighted by atomic mass is 19.1. The summed E-state index contributed by atoms with van der Waals surface area (Å²) in [5.41, 5.74) is 35.3. The summed E-state index contributed by atoms with van der Waals surface area (Å²) < 4.78 is 55.0. The molecule has 0 amide bonds. The van der Waals surface area contributed by atoms with Crippen molar-refractivity contribution in [2.75, 3.05) is 0 Å². The summed E-state index contributed by atoms with van der Waals surface area (Å²) in [5, 5.41) is 12.3. The van der Waals surface area contributed by atoms with Gasteiger partial charge in [0.15, 0.2) is 31.0 Å². The first-order valence-electron chi connectivity index (χ1n) is 42.7. The molecule has 614 valence electrons. The molecule has 5 heterocycles. The van der Waals surface area contributed by atoms with Crippen LogP contribution in [0.3, 0.4) is 0 Å². The van der Waals surface area contributed by atoms with Gasteiger partial charge in [0.25, 0.3) is 0 Å². The molecule has 0 aliphatic carbocycles. The molecule has 0 radical (unpaired) electrons. The van der Waals surface area contributed by atoms with Crippen molar-refractivity contribution in [3.63, 3.8) is 0 Å². The van der Waals surface area contributed by atoms with E-state index in [1.807, 2.05) is 109 Å². The van der Waals surface area contributed by atoms with Crippen LogP contribution in [0.2, 0.25) is 0 Å². The van der Waals surface area contributed by atoms with E-state index in [4.69, 9.17) is 0 Å². The van der Waals surface area contributed by atoms with Crippen LogP contribution in [0.25, 0.3) is 110 Å². The topological polar surface area (TPSA) is 19.4 Å². The average Bonchev–Trinajstić information content (AvgIpc) is 0.778. The van der Waals surface area contributed by atoms with Crippen molar-refractivity contribution in [3.05, 3.63) is 323 Å². The molecule has 0 aliphatic heterocycles. The molecule has 0 atom stereocenters. The molecule has 119 heavy (non-hydrogen) atoms. The number of fused-ring (bicyclic) bond motifs is 5. The molecule has 0 saturated heterocycles. The summed E-state index contributed by atoms with van der Waals surface area (Å²) >= 11 is 0. The Kier molecular flexibility index (Phi) is 27.1. The largest absolute Gasteiger partial charge is 0.223 e. The molecule has 0 aliphatic rings. The smallest absolute Gasteiger partial charge is 0.206 e. The Morgan fingerprint density at radius 3 is 0.958 bits per heavy atom. The maximum absolute atomic E-state index is 15.1. The minimum absolute atomic E-state index is 0.0954. The van der Waals surface area contributed by atoms with Gasteiger partial charge in [0.2, 0.25) is 28.5 Å². The lowest BCUT2D eigenvalue weighted by atomic mass is 9.86.